The van der Waals surface area contributed by atoms with Gasteiger partial charge in [-0.15, -0.1) is 0 Å². The normalized spacial score (nSPS) is 18.8. The summed E-state index contributed by atoms with van der Waals surface area (Å²) in [6.45, 7) is 0.888. The highest BCUT2D eigenvalue weighted by Crippen LogP contribution is 2.34. The van der Waals surface area contributed by atoms with Gasteiger partial charge in [-0.1, -0.05) is 6.07 Å². The van der Waals surface area contributed by atoms with Gasteiger partial charge >= 0.3 is 0 Å². The minimum absolute atomic E-state index is 0.137. The van der Waals surface area contributed by atoms with E-state index in [1.807, 2.05) is 4.57 Å². The van der Waals surface area contributed by atoms with Crippen LogP contribution in [0.2, 0.25) is 0 Å². The van der Waals surface area contributed by atoms with E-state index in [-0.39, 0.29) is 5.92 Å². The van der Waals surface area contributed by atoms with E-state index in [2.05, 4.69) is 4.98 Å². The molecule has 1 atom stereocenters. The van der Waals surface area contributed by atoms with Crippen LogP contribution in [0.25, 0.3) is 0 Å². The summed E-state index contributed by atoms with van der Waals surface area (Å²) in [5.74, 6) is -1.44. The molecule has 0 fully saturated rings. The van der Waals surface area contributed by atoms with Crippen molar-refractivity contribution in [1.29, 1.82) is 0 Å². The quantitative estimate of drug-likeness (QED) is 0.722. The van der Waals surface area contributed by atoms with Crippen LogP contribution < -0.4 is 0 Å². The second kappa shape index (κ2) is 3.40. The molecule has 0 bridgehead atoms. The van der Waals surface area contributed by atoms with Gasteiger partial charge in [0.25, 0.3) is 0 Å². The van der Waals surface area contributed by atoms with E-state index < -0.39 is 11.6 Å². The fourth-order valence-corrected chi connectivity index (χ4v) is 2.29. The molecule has 0 saturated heterocycles. The van der Waals surface area contributed by atoms with E-state index in [1.165, 1.54) is 12.1 Å². The second-order valence-electron chi connectivity index (χ2n) is 4.03. The average Bonchev–Trinajstić information content (AvgIpc) is 2.83. The first-order valence-corrected chi connectivity index (χ1v) is 5.20. The number of nitrogens with zero attached hydrogens (tertiary/aromatic N) is 2. The molecular weight excluding hydrogens is 210 g/mol. The summed E-state index contributed by atoms with van der Waals surface area (Å²) in [5, 5.41) is 0. The van der Waals surface area contributed by atoms with E-state index in [4.69, 9.17) is 0 Å². The zero-order valence-electron chi connectivity index (χ0n) is 8.53. The van der Waals surface area contributed by atoms with E-state index in [9.17, 15) is 8.78 Å². The van der Waals surface area contributed by atoms with Crippen molar-refractivity contribution in [3.63, 3.8) is 0 Å². The van der Waals surface area contributed by atoms with Gasteiger partial charge < -0.3 is 4.57 Å². The van der Waals surface area contributed by atoms with Crippen molar-refractivity contribution < 1.29 is 8.78 Å². The number of imidazole rings is 1. The molecule has 0 amide bonds. The Balaban J connectivity index is 2.03. The molecule has 0 spiro atoms. The molecule has 0 aliphatic carbocycles. The molecule has 1 aromatic carbocycles. The predicted octanol–water partition coefficient (Wildman–Crippen LogP) is 2.70. The number of fused-ring (bicyclic) bond motifs is 1. The van der Waals surface area contributed by atoms with E-state index in [1.54, 1.807) is 18.6 Å². The minimum atomic E-state index is -0.796. The van der Waals surface area contributed by atoms with Crippen LogP contribution in [0.4, 0.5) is 8.78 Å². The summed E-state index contributed by atoms with van der Waals surface area (Å²) in [7, 11) is 0. The van der Waals surface area contributed by atoms with Crippen molar-refractivity contribution in [2.75, 3.05) is 0 Å². The largest absolute Gasteiger partial charge is 0.334 e. The number of aryl methyl sites for hydroxylation is 1. The van der Waals surface area contributed by atoms with E-state index in [0.717, 1.165) is 24.2 Å². The smallest absolute Gasteiger partial charge is 0.159 e. The van der Waals surface area contributed by atoms with Crippen molar-refractivity contribution in [2.45, 2.75) is 18.9 Å². The summed E-state index contributed by atoms with van der Waals surface area (Å²) in [6, 6.07) is 4.11. The van der Waals surface area contributed by atoms with Crippen molar-refractivity contribution >= 4 is 0 Å². The first kappa shape index (κ1) is 9.51. The van der Waals surface area contributed by atoms with Crippen LogP contribution in [0.3, 0.4) is 0 Å². The molecule has 82 valence electrons. The fourth-order valence-electron chi connectivity index (χ4n) is 2.29. The lowest BCUT2D eigenvalue weighted by atomic mass is 9.95. The minimum Gasteiger partial charge on any atom is -0.334 e. The molecule has 2 nitrogen and oxygen atoms in total. The van der Waals surface area contributed by atoms with Crippen molar-refractivity contribution in [2.24, 2.45) is 0 Å². The van der Waals surface area contributed by atoms with Crippen LogP contribution in [-0.2, 0) is 6.54 Å². The average molecular weight is 220 g/mol. The zero-order chi connectivity index (χ0) is 11.1. The highest BCUT2D eigenvalue weighted by molar-refractivity contribution is 5.30. The van der Waals surface area contributed by atoms with Gasteiger partial charge in [-0.2, -0.15) is 0 Å². The molecule has 3 rings (SSSR count). The number of benzene rings is 1. The number of rotatable bonds is 1. The van der Waals surface area contributed by atoms with E-state index >= 15 is 0 Å². The fraction of sp³-hybridized carbons (Fsp3) is 0.250. The van der Waals surface area contributed by atoms with Crippen molar-refractivity contribution in [1.82, 2.24) is 9.55 Å². The summed E-state index contributed by atoms with van der Waals surface area (Å²) >= 11 is 0. The van der Waals surface area contributed by atoms with Gasteiger partial charge in [0.05, 0.1) is 6.33 Å². The Bertz CT molecular complexity index is 534. The molecule has 2 aromatic rings. The standard InChI is InChI=1S/C12H10F2N2/c13-10-2-1-8(5-11(10)14)9-3-4-16-7-15-6-12(9)16/h1-2,5-7,9H,3-4H2. The molecule has 1 aromatic heterocycles. The molecule has 16 heavy (non-hydrogen) atoms. The lowest BCUT2D eigenvalue weighted by Crippen LogP contribution is -1.98. The summed E-state index contributed by atoms with van der Waals surface area (Å²) in [6.07, 6.45) is 4.48. The Labute approximate surface area is 91.5 Å². The first-order valence-electron chi connectivity index (χ1n) is 5.20. The van der Waals surface area contributed by atoms with Gasteiger partial charge in [-0.05, 0) is 24.1 Å². The van der Waals surface area contributed by atoms with Gasteiger partial charge in [0.2, 0.25) is 0 Å². The second-order valence-corrected chi connectivity index (χ2v) is 4.03. The van der Waals surface area contributed by atoms with Crippen molar-refractivity contribution in [3.8, 4) is 0 Å². The number of halogens is 2. The molecule has 4 heteroatoms. The number of hydrogen-bond acceptors (Lipinski definition) is 1. The third-order valence-electron chi connectivity index (χ3n) is 3.11. The maximum Gasteiger partial charge on any atom is 0.159 e. The van der Waals surface area contributed by atoms with Gasteiger partial charge in [0.15, 0.2) is 11.6 Å². The third kappa shape index (κ3) is 1.33. The first-order chi connectivity index (χ1) is 7.75. The Hall–Kier alpha value is -1.71. The van der Waals surface area contributed by atoms with Crippen molar-refractivity contribution in [3.05, 3.63) is 53.6 Å². The monoisotopic (exact) mass is 220 g/mol. The molecule has 2 heterocycles. The van der Waals surface area contributed by atoms with Crippen LogP contribution in [-0.4, -0.2) is 9.55 Å². The zero-order valence-corrected chi connectivity index (χ0v) is 8.53. The predicted molar refractivity (Wildman–Crippen MR) is 55.0 cm³/mol. The Morgan fingerprint density at radius 2 is 2.12 bits per heavy atom. The lowest BCUT2D eigenvalue weighted by Gasteiger charge is -2.09. The molecule has 1 aliphatic rings. The summed E-state index contributed by atoms with van der Waals surface area (Å²) < 4.78 is 28.0. The van der Waals surface area contributed by atoms with Crippen LogP contribution in [0.15, 0.2) is 30.7 Å². The maximum atomic E-state index is 13.1. The van der Waals surface area contributed by atoms with Gasteiger partial charge in [-0.25, -0.2) is 13.8 Å². The van der Waals surface area contributed by atoms with Crippen LogP contribution in [0, 0.1) is 11.6 Å². The van der Waals surface area contributed by atoms with Gasteiger partial charge in [0, 0.05) is 24.4 Å². The summed E-state index contributed by atoms with van der Waals surface area (Å²) in [5.41, 5.74) is 1.89. The Kier molecular flexibility index (Phi) is 2.02. The molecule has 0 radical (unpaired) electrons. The van der Waals surface area contributed by atoms with E-state index in [0.29, 0.717) is 0 Å². The Morgan fingerprint density at radius 1 is 1.25 bits per heavy atom. The molecular formula is C12H10F2N2. The van der Waals surface area contributed by atoms with Crippen LogP contribution >= 0.6 is 0 Å². The molecule has 0 saturated carbocycles. The topological polar surface area (TPSA) is 17.8 Å². The lowest BCUT2D eigenvalue weighted by molar-refractivity contribution is 0.506. The number of aromatic nitrogens is 2. The SMILES string of the molecule is Fc1ccc(C2CCn3cncc32)cc1F. The van der Waals surface area contributed by atoms with Gasteiger partial charge in [-0.3, -0.25) is 0 Å². The van der Waals surface area contributed by atoms with Gasteiger partial charge in [0.1, 0.15) is 0 Å². The number of hydrogen-bond donors (Lipinski definition) is 0. The highest BCUT2D eigenvalue weighted by Gasteiger charge is 2.24. The molecule has 1 aliphatic heterocycles. The maximum absolute atomic E-state index is 13.1. The third-order valence-corrected chi connectivity index (χ3v) is 3.11. The van der Waals surface area contributed by atoms with Crippen LogP contribution in [0.1, 0.15) is 23.6 Å². The molecule has 0 N–H and O–H groups in total. The Morgan fingerprint density at radius 3 is 2.94 bits per heavy atom. The van der Waals surface area contributed by atoms with Crippen LogP contribution in [0.5, 0.6) is 0 Å². The summed E-state index contributed by atoms with van der Waals surface area (Å²) in [4.78, 5) is 4.05. The highest BCUT2D eigenvalue weighted by atomic mass is 19.2. The molecule has 1 unspecified atom stereocenters.